The number of hydrogen-bond acceptors (Lipinski definition) is 6. The highest BCUT2D eigenvalue weighted by atomic mass is 32.2. The van der Waals surface area contributed by atoms with Gasteiger partial charge in [-0.25, -0.2) is 4.68 Å². The molecule has 0 saturated heterocycles. The van der Waals surface area contributed by atoms with Crippen LogP contribution in [-0.4, -0.2) is 26.6 Å². The number of nitrogens with two attached hydrogens (primary N) is 1. The highest BCUT2D eigenvalue weighted by Crippen LogP contribution is 2.32. The number of nitrogen functional groups attached to an aromatic ring is 1. The Morgan fingerprint density at radius 2 is 2.12 bits per heavy atom. The largest absolute Gasteiger partial charge is 0.549 e. The molecule has 0 atom stereocenters. The van der Waals surface area contributed by atoms with Gasteiger partial charge in [0.05, 0.1) is 5.97 Å². The average molecular weight is 255 g/mol. The van der Waals surface area contributed by atoms with Crippen LogP contribution in [0.3, 0.4) is 0 Å². The summed E-state index contributed by atoms with van der Waals surface area (Å²) in [6, 6.07) is 0. The highest BCUT2D eigenvalue weighted by molar-refractivity contribution is 7.99. The van der Waals surface area contributed by atoms with Crippen LogP contribution in [0.1, 0.15) is 43.8 Å². The van der Waals surface area contributed by atoms with Crippen LogP contribution in [-0.2, 0) is 4.79 Å². The number of rotatable bonds is 4. The van der Waals surface area contributed by atoms with Gasteiger partial charge >= 0.3 is 0 Å². The van der Waals surface area contributed by atoms with E-state index in [9.17, 15) is 9.90 Å². The SMILES string of the molecule is Nn1c(SCC(=O)[O-])nnc1C1CCCCC1. The number of nitrogens with zero attached hydrogens (tertiary/aromatic N) is 3. The molecule has 0 aliphatic heterocycles. The molecule has 2 N–H and O–H groups in total. The molecular formula is C10H15N4O2S-. The predicted octanol–water partition coefficient (Wildman–Crippen LogP) is -0.118. The number of carbonyl (C=O) groups is 1. The number of aliphatic carboxylic acids is 1. The summed E-state index contributed by atoms with van der Waals surface area (Å²) >= 11 is 1.04. The molecule has 1 heterocycles. The molecule has 0 unspecified atom stereocenters. The first-order chi connectivity index (χ1) is 8.18. The Labute approximate surface area is 104 Å². The van der Waals surface area contributed by atoms with Crippen molar-refractivity contribution in [3.63, 3.8) is 0 Å². The quantitative estimate of drug-likeness (QED) is 0.595. The van der Waals surface area contributed by atoms with E-state index in [-0.39, 0.29) is 5.75 Å². The van der Waals surface area contributed by atoms with E-state index in [0.29, 0.717) is 11.1 Å². The second-order valence-corrected chi connectivity index (χ2v) is 5.15. The molecule has 1 fully saturated rings. The van der Waals surface area contributed by atoms with E-state index in [0.717, 1.165) is 30.4 Å². The number of carboxylic acids is 1. The van der Waals surface area contributed by atoms with Gasteiger partial charge in [-0.2, -0.15) is 0 Å². The monoisotopic (exact) mass is 255 g/mol. The van der Waals surface area contributed by atoms with Gasteiger partial charge in [-0.05, 0) is 12.8 Å². The molecule has 0 radical (unpaired) electrons. The first kappa shape index (κ1) is 12.2. The topological polar surface area (TPSA) is 96.9 Å². The lowest BCUT2D eigenvalue weighted by Gasteiger charge is -2.20. The van der Waals surface area contributed by atoms with Crippen molar-refractivity contribution in [2.45, 2.75) is 43.2 Å². The Morgan fingerprint density at radius 1 is 1.41 bits per heavy atom. The lowest BCUT2D eigenvalue weighted by molar-refractivity contribution is -0.301. The molecule has 1 aliphatic carbocycles. The fourth-order valence-corrected chi connectivity index (χ4v) is 2.73. The number of carboxylic acid groups (broad SMARTS) is 1. The van der Waals surface area contributed by atoms with E-state index < -0.39 is 5.97 Å². The number of hydrogen-bond donors (Lipinski definition) is 1. The van der Waals surface area contributed by atoms with Crippen molar-refractivity contribution < 1.29 is 9.90 Å². The maximum atomic E-state index is 10.4. The van der Waals surface area contributed by atoms with Gasteiger partial charge in [0.1, 0.15) is 0 Å². The first-order valence-corrected chi connectivity index (χ1v) is 6.70. The van der Waals surface area contributed by atoms with E-state index >= 15 is 0 Å². The van der Waals surface area contributed by atoms with Gasteiger partial charge < -0.3 is 15.7 Å². The van der Waals surface area contributed by atoms with Crippen LogP contribution in [0.4, 0.5) is 0 Å². The average Bonchev–Trinajstić information content (AvgIpc) is 2.69. The Balaban J connectivity index is 2.05. The van der Waals surface area contributed by atoms with Crippen LogP contribution in [0, 0.1) is 0 Å². The van der Waals surface area contributed by atoms with Gasteiger partial charge in [-0.15, -0.1) is 10.2 Å². The number of aromatic nitrogens is 3. The zero-order valence-corrected chi connectivity index (χ0v) is 10.3. The van der Waals surface area contributed by atoms with Gasteiger partial charge in [0.15, 0.2) is 5.82 Å². The van der Waals surface area contributed by atoms with Crippen molar-refractivity contribution in [1.82, 2.24) is 14.9 Å². The summed E-state index contributed by atoms with van der Waals surface area (Å²) in [7, 11) is 0. The third kappa shape index (κ3) is 2.91. The first-order valence-electron chi connectivity index (χ1n) is 5.71. The Hall–Kier alpha value is -1.24. The van der Waals surface area contributed by atoms with Gasteiger partial charge in [-0.3, -0.25) is 0 Å². The minimum absolute atomic E-state index is 0.153. The minimum Gasteiger partial charge on any atom is -0.549 e. The lowest BCUT2D eigenvalue weighted by atomic mass is 9.89. The van der Waals surface area contributed by atoms with Crippen LogP contribution < -0.4 is 10.9 Å². The van der Waals surface area contributed by atoms with Gasteiger partial charge in [-0.1, -0.05) is 31.0 Å². The maximum absolute atomic E-state index is 10.4. The molecule has 1 aromatic heterocycles. The van der Waals surface area contributed by atoms with Crippen LogP contribution in [0.2, 0.25) is 0 Å². The second-order valence-electron chi connectivity index (χ2n) is 4.21. The molecular weight excluding hydrogens is 240 g/mol. The minimum atomic E-state index is -1.13. The summed E-state index contributed by atoms with van der Waals surface area (Å²) in [6.07, 6.45) is 5.82. The Morgan fingerprint density at radius 3 is 2.76 bits per heavy atom. The van der Waals surface area contributed by atoms with Crippen molar-refractivity contribution in [3.05, 3.63) is 5.82 Å². The van der Waals surface area contributed by atoms with E-state index in [1.807, 2.05) is 0 Å². The van der Waals surface area contributed by atoms with Gasteiger partial charge in [0.25, 0.3) is 0 Å². The number of carbonyl (C=O) groups excluding carboxylic acids is 1. The summed E-state index contributed by atoms with van der Waals surface area (Å²) < 4.78 is 1.42. The standard InChI is InChI=1S/C10H16N4O2S/c11-14-9(7-4-2-1-3-5-7)12-13-10(14)17-6-8(15)16/h7H,1-6,11H2,(H,15,16)/p-1. The molecule has 17 heavy (non-hydrogen) atoms. The molecule has 0 amide bonds. The van der Waals surface area contributed by atoms with Crippen LogP contribution in [0.25, 0.3) is 0 Å². The highest BCUT2D eigenvalue weighted by Gasteiger charge is 2.22. The lowest BCUT2D eigenvalue weighted by Crippen LogP contribution is -2.25. The van der Waals surface area contributed by atoms with Crippen LogP contribution in [0.15, 0.2) is 5.16 Å². The molecule has 1 aromatic rings. The van der Waals surface area contributed by atoms with Crippen molar-refractivity contribution in [3.8, 4) is 0 Å². The predicted molar refractivity (Wildman–Crippen MR) is 61.7 cm³/mol. The van der Waals surface area contributed by atoms with Gasteiger partial charge in [0, 0.05) is 11.7 Å². The third-order valence-corrected chi connectivity index (χ3v) is 3.90. The molecule has 2 rings (SSSR count). The molecule has 0 bridgehead atoms. The zero-order valence-electron chi connectivity index (χ0n) is 9.46. The molecule has 1 saturated carbocycles. The third-order valence-electron chi connectivity index (χ3n) is 2.98. The van der Waals surface area contributed by atoms with Crippen LogP contribution >= 0.6 is 11.8 Å². The van der Waals surface area contributed by atoms with Crippen molar-refractivity contribution in [2.24, 2.45) is 0 Å². The fraction of sp³-hybridized carbons (Fsp3) is 0.700. The summed E-state index contributed by atoms with van der Waals surface area (Å²) in [4.78, 5) is 10.4. The molecule has 6 nitrogen and oxygen atoms in total. The summed E-state index contributed by atoms with van der Waals surface area (Å²) in [5.41, 5.74) is 0. The smallest absolute Gasteiger partial charge is 0.210 e. The van der Waals surface area contributed by atoms with Crippen molar-refractivity contribution in [1.29, 1.82) is 0 Å². The second kappa shape index (κ2) is 5.39. The van der Waals surface area contributed by atoms with Crippen molar-refractivity contribution >= 4 is 17.7 Å². The molecule has 0 aromatic carbocycles. The van der Waals surface area contributed by atoms with E-state index in [4.69, 9.17) is 5.84 Å². The van der Waals surface area contributed by atoms with Gasteiger partial charge in [0.2, 0.25) is 5.16 Å². The summed E-state index contributed by atoms with van der Waals surface area (Å²) in [5.74, 6) is 5.73. The fourth-order valence-electron chi connectivity index (χ4n) is 2.15. The van der Waals surface area contributed by atoms with E-state index in [2.05, 4.69) is 10.2 Å². The molecule has 7 heteroatoms. The summed E-state index contributed by atoms with van der Waals surface area (Å²) in [6.45, 7) is 0. The number of thioether (sulfide) groups is 1. The van der Waals surface area contributed by atoms with Crippen molar-refractivity contribution in [2.75, 3.05) is 11.6 Å². The summed E-state index contributed by atoms with van der Waals surface area (Å²) in [5, 5.41) is 18.8. The molecule has 0 spiro atoms. The normalized spacial score (nSPS) is 17.2. The molecule has 1 aliphatic rings. The Bertz CT molecular complexity index is 401. The van der Waals surface area contributed by atoms with E-state index in [1.165, 1.54) is 23.9 Å². The maximum Gasteiger partial charge on any atom is 0.210 e. The van der Waals surface area contributed by atoms with Crippen LogP contribution in [0.5, 0.6) is 0 Å². The molecule has 94 valence electrons. The Kier molecular flexibility index (Phi) is 3.88. The van der Waals surface area contributed by atoms with E-state index in [1.54, 1.807) is 0 Å². The zero-order chi connectivity index (χ0) is 12.3.